The Morgan fingerprint density at radius 1 is 1.40 bits per heavy atom. The second-order valence-corrected chi connectivity index (χ2v) is 4.47. The predicted octanol–water partition coefficient (Wildman–Crippen LogP) is 1.77. The van der Waals surface area contributed by atoms with Gasteiger partial charge in [-0.25, -0.2) is 0 Å². The van der Waals surface area contributed by atoms with Gasteiger partial charge in [0.1, 0.15) is 5.50 Å². The van der Waals surface area contributed by atoms with E-state index in [0.29, 0.717) is 0 Å². The Labute approximate surface area is 91.8 Å². The monoisotopic (exact) mass is 215 g/mol. The maximum atomic E-state index is 5.79. The van der Waals surface area contributed by atoms with Crippen molar-refractivity contribution in [2.45, 2.75) is 5.50 Å². The van der Waals surface area contributed by atoms with Gasteiger partial charge in [-0.05, 0) is 24.3 Å². The molecule has 3 rings (SSSR count). The summed E-state index contributed by atoms with van der Waals surface area (Å²) in [6, 6.07) is 3.95. The number of nitrogens with zero attached hydrogens (tertiary/aromatic N) is 2. The fraction of sp³-hybridized carbons (Fsp3) is 0.0909. The van der Waals surface area contributed by atoms with E-state index >= 15 is 0 Å². The van der Waals surface area contributed by atoms with Crippen molar-refractivity contribution in [3.05, 3.63) is 46.6 Å². The highest BCUT2D eigenvalue weighted by Crippen LogP contribution is 2.33. The van der Waals surface area contributed by atoms with Crippen LogP contribution in [0, 0.1) is 0 Å². The van der Waals surface area contributed by atoms with Crippen LogP contribution in [0.25, 0.3) is 6.08 Å². The molecule has 0 bridgehead atoms. The fourth-order valence-electron chi connectivity index (χ4n) is 1.70. The lowest BCUT2D eigenvalue weighted by molar-refractivity contribution is 1.00. The van der Waals surface area contributed by atoms with Gasteiger partial charge >= 0.3 is 0 Å². The fourth-order valence-corrected chi connectivity index (χ4v) is 2.55. The van der Waals surface area contributed by atoms with Crippen LogP contribution in [0.3, 0.4) is 0 Å². The van der Waals surface area contributed by atoms with Crippen molar-refractivity contribution in [3.8, 4) is 0 Å². The van der Waals surface area contributed by atoms with Crippen LogP contribution in [0.5, 0.6) is 0 Å². The normalized spacial score (nSPS) is 22.6. The lowest BCUT2D eigenvalue weighted by Crippen LogP contribution is -2.08. The molecule has 1 aromatic heterocycles. The van der Waals surface area contributed by atoms with Gasteiger partial charge in [0, 0.05) is 16.7 Å². The maximum absolute atomic E-state index is 5.79. The summed E-state index contributed by atoms with van der Waals surface area (Å²) < 4.78 is 0. The first-order valence-electron chi connectivity index (χ1n) is 4.69. The molecule has 0 saturated carbocycles. The highest BCUT2D eigenvalue weighted by atomic mass is 32.2. The number of pyridine rings is 1. The third kappa shape index (κ3) is 1.42. The van der Waals surface area contributed by atoms with Crippen LogP contribution < -0.4 is 5.73 Å². The highest BCUT2D eigenvalue weighted by molar-refractivity contribution is 8.05. The van der Waals surface area contributed by atoms with Crippen LogP contribution in [-0.4, -0.2) is 16.2 Å². The van der Waals surface area contributed by atoms with E-state index in [1.807, 2.05) is 30.4 Å². The molecule has 1 aliphatic heterocycles. The van der Waals surface area contributed by atoms with Gasteiger partial charge in [0.05, 0.1) is 11.4 Å². The highest BCUT2D eigenvalue weighted by Gasteiger charge is 2.24. The Hall–Kier alpha value is -1.39. The molecule has 1 unspecified atom stereocenters. The SMILES string of the molecule is NC1N=C2C(=CC=Cc3ncccc32)S1. The molecule has 1 atom stereocenters. The Morgan fingerprint density at radius 2 is 2.33 bits per heavy atom. The number of aliphatic imine (C=N–C) groups is 1. The third-order valence-electron chi connectivity index (χ3n) is 2.33. The third-order valence-corrected chi connectivity index (χ3v) is 3.26. The van der Waals surface area contributed by atoms with Gasteiger partial charge in [0.15, 0.2) is 0 Å². The van der Waals surface area contributed by atoms with Gasteiger partial charge < -0.3 is 5.73 Å². The van der Waals surface area contributed by atoms with Gasteiger partial charge in [-0.15, -0.1) is 0 Å². The Bertz CT molecular complexity index is 502. The summed E-state index contributed by atoms with van der Waals surface area (Å²) in [4.78, 5) is 9.86. The summed E-state index contributed by atoms with van der Waals surface area (Å²) >= 11 is 1.58. The second kappa shape index (κ2) is 3.32. The zero-order valence-electron chi connectivity index (χ0n) is 7.92. The van der Waals surface area contributed by atoms with Gasteiger partial charge in [0.2, 0.25) is 0 Å². The first-order valence-corrected chi connectivity index (χ1v) is 5.57. The lowest BCUT2D eigenvalue weighted by atomic mass is 10.1. The lowest BCUT2D eigenvalue weighted by Gasteiger charge is -2.02. The molecule has 0 fully saturated rings. The first kappa shape index (κ1) is 8.88. The van der Waals surface area contributed by atoms with E-state index in [0.717, 1.165) is 21.9 Å². The molecule has 3 nitrogen and oxygen atoms in total. The van der Waals surface area contributed by atoms with Gasteiger partial charge in [-0.2, -0.15) is 0 Å². The summed E-state index contributed by atoms with van der Waals surface area (Å²) in [5.41, 5.74) is 8.61. The van der Waals surface area contributed by atoms with Crippen molar-refractivity contribution < 1.29 is 0 Å². The maximum Gasteiger partial charge on any atom is 0.149 e. The molecule has 0 spiro atoms. The topological polar surface area (TPSA) is 51.3 Å². The van der Waals surface area contributed by atoms with Gasteiger partial charge in [-0.3, -0.25) is 9.98 Å². The summed E-state index contributed by atoms with van der Waals surface area (Å²) in [5, 5.41) is 0. The standard InChI is InChI=1S/C11H9N3S/c12-11-14-10-7-3-2-6-13-8(7)4-1-5-9(10)15-11/h1-6,11H,12H2. The Morgan fingerprint density at radius 3 is 3.27 bits per heavy atom. The molecule has 2 N–H and O–H groups in total. The zero-order chi connectivity index (χ0) is 10.3. The van der Waals surface area contributed by atoms with Crippen LogP contribution in [0.4, 0.5) is 0 Å². The van der Waals surface area contributed by atoms with Crippen molar-refractivity contribution in [2.24, 2.45) is 10.7 Å². The van der Waals surface area contributed by atoms with Gasteiger partial charge in [-0.1, -0.05) is 17.8 Å². The molecule has 15 heavy (non-hydrogen) atoms. The first-order chi connectivity index (χ1) is 7.34. The molecule has 2 heterocycles. The van der Waals surface area contributed by atoms with Crippen LogP contribution in [0.2, 0.25) is 0 Å². The minimum atomic E-state index is -0.175. The summed E-state index contributed by atoms with van der Waals surface area (Å²) in [6.45, 7) is 0. The van der Waals surface area contributed by atoms with Crippen LogP contribution in [-0.2, 0) is 0 Å². The van der Waals surface area contributed by atoms with Gasteiger partial charge in [0.25, 0.3) is 0 Å². The average molecular weight is 215 g/mol. The number of aromatic nitrogens is 1. The van der Waals surface area contributed by atoms with Crippen molar-refractivity contribution in [2.75, 3.05) is 0 Å². The zero-order valence-corrected chi connectivity index (χ0v) is 8.74. The summed E-state index contributed by atoms with van der Waals surface area (Å²) in [6.07, 6.45) is 7.82. The largest absolute Gasteiger partial charge is 0.301 e. The smallest absolute Gasteiger partial charge is 0.149 e. The molecule has 1 aliphatic carbocycles. The molecule has 74 valence electrons. The van der Waals surface area contributed by atoms with E-state index in [2.05, 4.69) is 9.98 Å². The molecular weight excluding hydrogens is 206 g/mol. The van der Waals surface area contributed by atoms with Crippen molar-refractivity contribution in [1.29, 1.82) is 0 Å². The number of rotatable bonds is 0. The number of fused-ring (bicyclic) bond motifs is 3. The molecule has 1 aromatic rings. The number of nitrogens with two attached hydrogens (primary N) is 1. The molecule has 0 aromatic carbocycles. The van der Waals surface area contributed by atoms with E-state index in [4.69, 9.17) is 5.73 Å². The van der Waals surface area contributed by atoms with Crippen molar-refractivity contribution in [3.63, 3.8) is 0 Å². The number of hydrogen-bond acceptors (Lipinski definition) is 4. The van der Waals surface area contributed by atoms with E-state index in [1.54, 1.807) is 18.0 Å². The number of hydrogen-bond donors (Lipinski definition) is 1. The quantitative estimate of drug-likeness (QED) is 0.717. The molecule has 4 heteroatoms. The summed E-state index contributed by atoms with van der Waals surface area (Å²) in [7, 11) is 0. The second-order valence-electron chi connectivity index (χ2n) is 3.31. The minimum Gasteiger partial charge on any atom is -0.301 e. The molecule has 0 saturated heterocycles. The van der Waals surface area contributed by atoms with Crippen LogP contribution >= 0.6 is 11.8 Å². The van der Waals surface area contributed by atoms with Crippen LogP contribution in [0.1, 0.15) is 11.3 Å². The molecule has 2 aliphatic rings. The number of thioether (sulfide) groups is 1. The van der Waals surface area contributed by atoms with Crippen molar-refractivity contribution in [1.82, 2.24) is 4.98 Å². The van der Waals surface area contributed by atoms with E-state index in [1.165, 1.54) is 0 Å². The summed E-state index contributed by atoms with van der Waals surface area (Å²) in [5.74, 6) is 0. The minimum absolute atomic E-state index is 0.175. The predicted molar refractivity (Wildman–Crippen MR) is 63.5 cm³/mol. The molecular formula is C11H9N3S. The average Bonchev–Trinajstić information content (AvgIpc) is 2.52. The van der Waals surface area contributed by atoms with E-state index < -0.39 is 0 Å². The van der Waals surface area contributed by atoms with Crippen molar-refractivity contribution >= 4 is 23.5 Å². The Balaban J connectivity index is 2.23. The van der Waals surface area contributed by atoms with E-state index in [-0.39, 0.29) is 5.50 Å². The van der Waals surface area contributed by atoms with E-state index in [9.17, 15) is 0 Å². The molecule has 0 amide bonds. The van der Waals surface area contributed by atoms with Crippen LogP contribution in [0.15, 0.2) is 40.4 Å². The number of allylic oxidation sites excluding steroid dienone is 3. The Kier molecular flexibility index (Phi) is 1.97. The molecule has 0 radical (unpaired) electrons.